The third-order valence-electron chi connectivity index (χ3n) is 1.24. The lowest BCUT2D eigenvalue weighted by Gasteiger charge is -1.87. The Morgan fingerprint density at radius 3 is 2.55 bits per heavy atom. The van der Waals surface area contributed by atoms with Gasteiger partial charge >= 0.3 is 5.97 Å². The predicted octanol–water partition coefficient (Wildman–Crippen LogP) is 2.37. The first-order valence-corrected chi connectivity index (χ1v) is 3.78. The molecule has 0 radical (unpaired) electrons. The van der Waals surface area contributed by atoms with E-state index in [-0.39, 0.29) is 0 Å². The zero-order chi connectivity index (χ0) is 8.53. The van der Waals surface area contributed by atoms with Gasteiger partial charge in [-0.2, -0.15) is 0 Å². The van der Waals surface area contributed by atoms with Crippen LogP contribution in [0.1, 0.15) is 26.2 Å². The molecule has 0 saturated heterocycles. The molecular formula is C9H14O2. The molecule has 0 atom stereocenters. The van der Waals surface area contributed by atoms with Gasteiger partial charge in [0.25, 0.3) is 0 Å². The van der Waals surface area contributed by atoms with Gasteiger partial charge in [0, 0.05) is 6.08 Å². The second kappa shape index (κ2) is 7.06. The summed E-state index contributed by atoms with van der Waals surface area (Å²) >= 11 is 0. The summed E-state index contributed by atoms with van der Waals surface area (Å²) in [6.45, 7) is 1.98. The Morgan fingerprint density at radius 1 is 1.36 bits per heavy atom. The van der Waals surface area contributed by atoms with Crippen molar-refractivity contribution in [3.63, 3.8) is 0 Å². The third kappa shape index (κ3) is 8.95. The van der Waals surface area contributed by atoms with E-state index in [0.717, 1.165) is 19.3 Å². The Kier molecular flexibility index (Phi) is 6.39. The van der Waals surface area contributed by atoms with Crippen LogP contribution >= 0.6 is 0 Å². The summed E-state index contributed by atoms with van der Waals surface area (Å²) in [4.78, 5) is 9.99. The van der Waals surface area contributed by atoms with E-state index in [9.17, 15) is 4.79 Å². The maximum Gasteiger partial charge on any atom is 0.327 e. The highest BCUT2D eigenvalue weighted by Gasteiger charge is 1.84. The standard InChI is InChI=1S/C9H14O2/c1-2-3-4-5-6-7-8-9(10)11/h2-3,7-8H,4-6H2,1H3,(H,10,11)/b3-2+,8-7+. The molecule has 0 rings (SSSR count). The van der Waals surface area contributed by atoms with Crippen LogP contribution in [0.5, 0.6) is 0 Å². The van der Waals surface area contributed by atoms with Crippen molar-refractivity contribution in [1.29, 1.82) is 0 Å². The molecule has 0 saturated carbocycles. The molecule has 0 aliphatic rings. The van der Waals surface area contributed by atoms with Crippen molar-refractivity contribution in [1.82, 2.24) is 0 Å². The van der Waals surface area contributed by atoms with Crippen molar-refractivity contribution in [2.24, 2.45) is 0 Å². The first-order chi connectivity index (χ1) is 5.27. The Balaban J connectivity index is 3.20. The summed E-state index contributed by atoms with van der Waals surface area (Å²) in [6, 6.07) is 0. The molecular weight excluding hydrogens is 140 g/mol. The fraction of sp³-hybridized carbons (Fsp3) is 0.444. The SMILES string of the molecule is C/C=C/CCC/C=C/C(=O)O. The van der Waals surface area contributed by atoms with Crippen LogP contribution in [0.15, 0.2) is 24.3 Å². The van der Waals surface area contributed by atoms with Gasteiger partial charge in [0.15, 0.2) is 0 Å². The third-order valence-corrected chi connectivity index (χ3v) is 1.24. The smallest absolute Gasteiger partial charge is 0.327 e. The van der Waals surface area contributed by atoms with Gasteiger partial charge in [-0.3, -0.25) is 0 Å². The van der Waals surface area contributed by atoms with E-state index >= 15 is 0 Å². The molecule has 1 N–H and O–H groups in total. The van der Waals surface area contributed by atoms with E-state index in [4.69, 9.17) is 5.11 Å². The van der Waals surface area contributed by atoms with Crippen molar-refractivity contribution in [3.8, 4) is 0 Å². The van der Waals surface area contributed by atoms with Crippen molar-refractivity contribution in [2.45, 2.75) is 26.2 Å². The zero-order valence-corrected chi connectivity index (χ0v) is 6.79. The molecule has 0 bridgehead atoms. The Hall–Kier alpha value is -1.05. The molecule has 0 amide bonds. The minimum Gasteiger partial charge on any atom is -0.478 e. The maximum atomic E-state index is 9.99. The minimum absolute atomic E-state index is 0.844. The van der Waals surface area contributed by atoms with Gasteiger partial charge in [0.2, 0.25) is 0 Å². The van der Waals surface area contributed by atoms with E-state index in [1.165, 1.54) is 6.08 Å². The largest absolute Gasteiger partial charge is 0.478 e. The first-order valence-electron chi connectivity index (χ1n) is 3.78. The molecule has 0 heterocycles. The van der Waals surface area contributed by atoms with Crippen molar-refractivity contribution >= 4 is 5.97 Å². The Morgan fingerprint density at radius 2 is 2.00 bits per heavy atom. The van der Waals surface area contributed by atoms with E-state index < -0.39 is 5.97 Å². The number of hydrogen-bond acceptors (Lipinski definition) is 1. The summed E-state index contributed by atoms with van der Waals surface area (Å²) < 4.78 is 0. The fourth-order valence-electron chi connectivity index (χ4n) is 0.704. The molecule has 0 aromatic rings. The average Bonchev–Trinajstić information content (AvgIpc) is 1.96. The highest BCUT2D eigenvalue weighted by Crippen LogP contribution is 1.97. The molecule has 2 nitrogen and oxygen atoms in total. The van der Waals surface area contributed by atoms with E-state index in [0.29, 0.717) is 0 Å². The number of carboxylic acids is 1. The van der Waals surface area contributed by atoms with Crippen LogP contribution in [0.25, 0.3) is 0 Å². The number of rotatable bonds is 5. The van der Waals surface area contributed by atoms with E-state index in [1.807, 2.05) is 13.0 Å². The number of hydrogen-bond donors (Lipinski definition) is 1. The van der Waals surface area contributed by atoms with Crippen LogP contribution in [0.4, 0.5) is 0 Å². The van der Waals surface area contributed by atoms with Crippen LogP contribution in [0, 0.1) is 0 Å². The van der Waals surface area contributed by atoms with Crippen LogP contribution in [0.3, 0.4) is 0 Å². The van der Waals surface area contributed by atoms with E-state index in [2.05, 4.69) is 6.08 Å². The lowest BCUT2D eigenvalue weighted by atomic mass is 10.2. The molecule has 0 spiro atoms. The van der Waals surface area contributed by atoms with Crippen molar-refractivity contribution in [2.75, 3.05) is 0 Å². The second-order valence-corrected chi connectivity index (χ2v) is 2.24. The molecule has 0 unspecified atom stereocenters. The van der Waals surface area contributed by atoms with Crippen LogP contribution in [0.2, 0.25) is 0 Å². The Bertz CT molecular complexity index is 157. The second-order valence-electron chi connectivity index (χ2n) is 2.24. The van der Waals surface area contributed by atoms with Gasteiger partial charge < -0.3 is 5.11 Å². The number of unbranched alkanes of at least 4 members (excludes halogenated alkanes) is 2. The normalized spacial score (nSPS) is 11.4. The zero-order valence-electron chi connectivity index (χ0n) is 6.79. The molecule has 2 heteroatoms. The summed E-state index contributed by atoms with van der Waals surface area (Å²) in [6.07, 6.45) is 9.85. The minimum atomic E-state index is -0.865. The number of carboxylic acid groups (broad SMARTS) is 1. The molecule has 0 aromatic heterocycles. The highest BCUT2D eigenvalue weighted by molar-refractivity contribution is 5.79. The average molecular weight is 154 g/mol. The summed E-state index contributed by atoms with van der Waals surface area (Å²) in [5.74, 6) is -0.865. The van der Waals surface area contributed by atoms with Gasteiger partial charge in [0.1, 0.15) is 0 Å². The van der Waals surface area contributed by atoms with Crippen LogP contribution in [-0.4, -0.2) is 11.1 Å². The number of allylic oxidation sites excluding steroid dienone is 3. The Labute approximate surface area is 67.2 Å². The van der Waals surface area contributed by atoms with Gasteiger partial charge in [0.05, 0.1) is 0 Å². The van der Waals surface area contributed by atoms with Gasteiger partial charge in [-0.15, -0.1) is 0 Å². The maximum absolute atomic E-state index is 9.99. The quantitative estimate of drug-likeness (QED) is 0.375. The van der Waals surface area contributed by atoms with Gasteiger partial charge in [-0.1, -0.05) is 18.2 Å². The summed E-state index contributed by atoms with van der Waals surface area (Å²) in [7, 11) is 0. The highest BCUT2D eigenvalue weighted by atomic mass is 16.4. The van der Waals surface area contributed by atoms with Gasteiger partial charge in [-0.05, 0) is 26.2 Å². The number of carbonyl (C=O) groups is 1. The summed E-state index contributed by atoms with van der Waals surface area (Å²) in [5.41, 5.74) is 0. The lowest BCUT2D eigenvalue weighted by molar-refractivity contribution is -0.131. The summed E-state index contributed by atoms with van der Waals surface area (Å²) in [5, 5.41) is 8.22. The number of aliphatic carboxylic acids is 1. The van der Waals surface area contributed by atoms with Crippen LogP contribution < -0.4 is 0 Å². The van der Waals surface area contributed by atoms with Crippen molar-refractivity contribution in [3.05, 3.63) is 24.3 Å². The molecule has 0 fully saturated rings. The van der Waals surface area contributed by atoms with Crippen LogP contribution in [-0.2, 0) is 4.79 Å². The predicted molar refractivity (Wildman–Crippen MR) is 45.4 cm³/mol. The molecule has 0 aliphatic carbocycles. The van der Waals surface area contributed by atoms with E-state index in [1.54, 1.807) is 6.08 Å². The molecule has 62 valence electrons. The first kappa shape index (κ1) is 9.95. The molecule has 0 aliphatic heterocycles. The monoisotopic (exact) mass is 154 g/mol. The molecule has 11 heavy (non-hydrogen) atoms. The lowest BCUT2D eigenvalue weighted by Crippen LogP contribution is -1.85. The van der Waals surface area contributed by atoms with Gasteiger partial charge in [-0.25, -0.2) is 4.79 Å². The fourth-order valence-corrected chi connectivity index (χ4v) is 0.704. The van der Waals surface area contributed by atoms with Crippen molar-refractivity contribution < 1.29 is 9.90 Å². The topological polar surface area (TPSA) is 37.3 Å². The molecule has 0 aromatic carbocycles.